The normalized spacial score (nSPS) is 16.9. The molecule has 0 aliphatic carbocycles. The Kier molecular flexibility index (Phi) is 7.53. The molecule has 0 saturated carbocycles. The number of piperazine rings is 1. The first-order valence-corrected chi connectivity index (χ1v) is 11.7. The average Bonchev–Trinajstić information content (AvgIpc) is 3.19. The fourth-order valence-electron chi connectivity index (χ4n) is 4.50. The number of primary amides is 1. The lowest BCUT2D eigenvalue weighted by Gasteiger charge is -2.37. The van der Waals surface area contributed by atoms with Gasteiger partial charge in [-0.15, -0.1) is 0 Å². The fourth-order valence-corrected chi connectivity index (χ4v) is 4.67. The van der Waals surface area contributed by atoms with Gasteiger partial charge in [-0.05, 0) is 41.5 Å². The highest BCUT2D eigenvalue weighted by atomic mass is 35.5. The molecule has 35 heavy (non-hydrogen) atoms. The number of fused-ring (bicyclic) bond motifs is 1. The van der Waals surface area contributed by atoms with Gasteiger partial charge in [0.1, 0.15) is 0 Å². The molecule has 0 unspecified atom stereocenters. The van der Waals surface area contributed by atoms with Gasteiger partial charge in [-0.2, -0.15) is 13.2 Å². The number of hydrogen-bond acceptors (Lipinski definition) is 5. The molecule has 0 bridgehead atoms. The second kappa shape index (κ2) is 10.4. The third-order valence-corrected chi connectivity index (χ3v) is 6.50. The van der Waals surface area contributed by atoms with Crippen LogP contribution in [0.3, 0.4) is 0 Å². The van der Waals surface area contributed by atoms with Gasteiger partial charge in [0.2, 0.25) is 5.91 Å². The predicted octanol–water partition coefficient (Wildman–Crippen LogP) is 3.47. The lowest BCUT2D eigenvalue weighted by molar-refractivity contribution is -0.138. The number of rotatable bonds is 7. The van der Waals surface area contributed by atoms with Crippen LogP contribution in [-0.4, -0.2) is 67.1 Å². The van der Waals surface area contributed by atoms with E-state index in [-0.39, 0.29) is 19.0 Å². The zero-order chi connectivity index (χ0) is 25.2. The molecule has 188 valence electrons. The maximum absolute atomic E-state index is 13.1. The van der Waals surface area contributed by atoms with Gasteiger partial charge < -0.3 is 16.0 Å². The summed E-state index contributed by atoms with van der Waals surface area (Å²) in [6.07, 6.45) is -4.99. The van der Waals surface area contributed by atoms with Gasteiger partial charge >= 0.3 is 6.18 Å². The molecule has 11 heteroatoms. The van der Waals surface area contributed by atoms with Crippen molar-refractivity contribution in [2.24, 2.45) is 5.73 Å². The van der Waals surface area contributed by atoms with Crippen molar-refractivity contribution in [2.75, 3.05) is 49.5 Å². The summed E-state index contributed by atoms with van der Waals surface area (Å²) in [7, 11) is 0. The first kappa shape index (κ1) is 25.3. The standard InChI is InChI=1S/C24H27ClF3N5O2/c25-19-3-4-20(21(12-19)33-9-7-31(8-10-33)6-5-24(26,27)28)30-23(35)16-1-2-17-13-32(15-22(29)34)14-18(17)11-16/h1-4,11-12H,5-10,13-15H2,(H2,29,34)(H,30,35). The number of carbonyl (C=O) groups is 2. The van der Waals surface area contributed by atoms with Crippen LogP contribution in [0.25, 0.3) is 0 Å². The van der Waals surface area contributed by atoms with Crippen LogP contribution < -0.4 is 16.0 Å². The van der Waals surface area contributed by atoms with E-state index in [1.807, 2.05) is 21.9 Å². The van der Waals surface area contributed by atoms with Crippen LogP contribution in [0, 0.1) is 0 Å². The molecular formula is C24H27ClF3N5O2. The van der Waals surface area contributed by atoms with Crippen LogP contribution in [0.1, 0.15) is 27.9 Å². The van der Waals surface area contributed by atoms with Gasteiger partial charge in [0, 0.05) is 56.4 Å². The summed E-state index contributed by atoms with van der Waals surface area (Å²) < 4.78 is 37.6. The molecule has 0 aromatic heterocycles. The highest BCUT2D eigenvalue weighted by Crippen LogP contribution is 2.31. The number of amides is 2. The molecule has 2 amide bonds. The number of carbonyl (C=O) groups excluding carboxylic acids is 2. The van der Waals surface area contributed by atoms with E-state index in [0.717, 1.165) is 16.8 Å². The number of nitrogens with two attached hydrogens (primary N) is 1. The molecule has 0 radical (unpaired) electrons. The van der Waals surface area contributed by atoms with Crippen molar-refractivity contribution in [3.8, 4) is 0 Å². The van der Waals surface area contributed by atoms with Crippen molar-refractivity contribution < 1.29 is 22.8 Å². The van der Waals surface area contributed by atoms with Gasteiger partial charge in [-0.3, -0.25) is 19.4 Å². The predicted molar refractivity (Wildman–Crippen MR) is 128 cm³/mol. The van der Waals surface area contributed by atoms with Crippen molar-refractivity contribution >= 4 is 34.8 Å². The summed E-state index contributed by atoms with van der Waals surface area (Å²) in [5, 5.41) is 3.46. The second-order valence-corrected chi connectivity index (χ2v) is 9.34. The van der Waals surface area contributed by atoms with E-state index >= 15 is 0 Å². The van der Waals surface area contributed by atoms with Gasteiger partial charge in [-0.25, -0.2) is 0 Å². The Morgan fingerprint density at radius 2 is 1.69 bits per heavy atom. The molecular weight excluding hydrogens is 483 g/mol. The van der Waals surface area contributed by atoms with Gasteiger partial charge in [0.15, 0.2) is 0 Å². The number of halogens is 4. The Balaban J connectivity index is 1.42. The van der Waals surface area contributed by atoms with Crippen molar-refractivity contribution in [3.63, 3.8) is 0 Å². The minimum atomic E-state index is -4.17. The van der Waals surface area contributed by atoms with Crippen molar-refractivity contribution in [2.45, 2.75) is 25.7 Å². The topological polar surface area (TPSA) is 81.9 Å². The number of hydrogen-bond donors (Lipinski definition) is 2. The fraction of sp³-hybridized carbons (Fsp3) is 0.417. The molecule has 2 heterocycles. The number of nitrogens with zero attached hydrogens (tertiary/aromatic N) is 3. The van der Waals surface area contributed by atoms with E-state index < -0.39 is 18.5 Å². The highest BCUT2D eigenvalue weighted by Gasteiger charge is 2.29. The molecule has 2 aliphatic heterocycles. The summed E-state index contributed by atoms with van der Waals surface area (Å²) in [6, 6.07) is 10.6. The summed E-state index contributed by atoms with van der Waals surface area (Å²) >= 11 is 6.22. The third-order valence-electron chi connectivity index (χ3n) is 6.27. The van der Waals surface area contributed by atoms with Crippen molar-refractivity contribution in [1.29, 1.82) is 0 Å². The number of anilines is 2. The lowest BCUT2D eigenvalue weighted by atomic mass is 10.1. The largest absolute Gasteiger partial charge is 0.390 e. The number of nitrogens with one attached hydrogen (secondary N) is 1. The van der Waals surface area contributed by atoms with Crippen LogP contribution >= 0.6 is 11.6 Å². The monoisotopic (exact) mass is 509 g/mol. The molecule has 7 nitrogen and oxygen atoms in total. The minimum Gasteiger partial charge on any atom is -0.369 e. The van der Waals surface area contributed by atoms with Crippen molar-refractivity contribution in [3.05, 3.63) is 58.1 Å². The van der Waals surface area contributed by atoms with Crippen molar-refractivity contribution in [1.82, 2.24) is 9.80 Å². The van der Waals surface area contributed by atoms with E-state index in [9.17, 15) is 22.8 Å². The molecule has 2 aromatic rings. The molecule has 2 aromatic carbocycles. The van der Waals surface area contributed by atoms with Crippen LogP contribution in [0.4, 0.5) is 24.5 Å². The average molecular weight is 510 g/mol. The van der Waals surface area contributed by atoms with E-state index in [1.165, 1.54) is 0 Å². The Labute approximate surface area is 206 Å². The second-order valence-electron chi connectivity index (χ2n) is 8.90. The first-order chi connectivity index (χ1) is 16.6. The molecule has 4 rings (SSSR count). The maximum Gasteiger partial charge on any atom is 0.390 e. The summed E-state index contributed by atoms with van der Waals surface area (Å²) in [4.78, 5) is 30.0. The van der Waals surface area contributed by atoms with Gasteiger partial charge in [0.05, 0.1) is 24.3 Å². The van der Waals surface area contributed by atoms with Gasteiger partial charge in [0.25, 0.3) is 5.91 Å². The molecule has 1 saturated heterocycles. The molecule has 3 N–H and O–H groups in total. The molecule has 2 aliphatic rings. The van der Waals surface area contributed by atoms with Crippen LogP contribution in [-0.2, 0) is 17.9 Å². The van der Waals surface area contributed by atoms with E-state index in [0.29, 0.717) is 55.5 Å². The van der Waals surface area contributed by atoms with Gasteiger partial charge in [-0.1, -0.05) is 17.7 Å². The summed E-state index contributed by atoms with van der Waals surface area (Å²) in [5.41, 5.74) is 9.12. The Morgan fingerprint density at radius 3 is 2.37 bits per heavy atom. The first-order valence-electron chi connectivity index (χ1n) is 11.3. The third kappa shape index (κ3) is 6.65. The quantitative estimate of drug-likeness (QED) is 0.597. The van der Waals surface area contributed by atoms with Crippen LogP contribution in [0.5, 0.6) is 0 Å². The zero-order valence-corrected chi connectivity index (χ0v) is 19.8. The highest BCUT2D eigenvalue weighted by molar-refractivity contribution is 6.31. The minimum absolute atomic E-state index is 0.0221. The van der Waals surface area contributed by atoms with Crippen LogP contribution in [0.15, 0.2) is 36.4 Å². The lowest BCUT2D eigenvalue weighted by Crippen LogP contribution is -2.47. The molecule has 0 atom stereocenters. The molecule has 0 spiro atoms. The Hall–Kier alpha value is -2.82. The summed E-state index contributed by atoms with van der Waals surface area (Å²) in [6.45, 7) is 3.32. The Bertz CT molecular complexity index is 1100. The smallest absolute Gasteiger partial charge is 0.369 e. The van der Waals surface area contributed by atoms with E-state index in [4.69, 9.17) is 17.3 Å². The summed E-state index contributed by atoms with van der Waals surface area (Å²) in [5.74, 6) is -0.680. The zero-order valence-electron chi connectivity index (χ0n) is 19.1. The maximum atomic E-state index is 13.1. The van der Waals surface area contributed by atoms with E-state index in [2.05, 4.69) is 5.32 Å². The number of benzene rings is 2. The Morgan fingerprint density at radius 1 is 0.971 bits per heavy atom. The van der Waals surface area contributed by atoms with Crippen LogP contribution in [0.2, 0.25) is 5.02 Å². The van der Waals surface area contributed by atoms with E-state index in [1.54, 1.807) is 29.2 Å². The SMILES string of the molecule is NC(=O)CN1Cc2ccc(C(=O)Nc3ccc(Cl)cc3N3CCN(CCC(F)(F)F)CC3)cc2C1. The number of alkyl halides is 3. The molecule has 1 fully saturated rings.